The number of halogens is 2. The summed E-state index contributed by atoms with van der Waals surface area (Å²) in [6, 6.07) is 46.8. The number of methoxy groups -OCH3 is 1. The molecule has 586 valence electrons. The summed E-state index contributed by atoms with van der Waals surface area (Å²) in [6.07, 6.45) is 12.0. The molecule has 1 unspecified atom stereocenters. The number of Topliss-reactive ketones (excluding diaryl/α,β-unsaturated/α-hetero) is 3. The van der Waals surface area contributed by atoms with Crippen LogP contribution in [-0.4, -0.2) is 118 Å². The summed E-state index contributed by atoms with van der Waals surface area (Å²) in [6.45, 7) is 31.2. The van der Waals surface area contributed by atoms with Gasteiger partial charge in [-0.2, -0.15) is 0 Å². The fraction of sp³-hybridized carbons (Fsp3) is 0.449. The number of likely N-dealkylation sites (tertiary alicyclic amines) is 1. The molecule has 0 bridgehead atoms. The molecule has 10 rings (SSSR count). The highest BCUT2D eigenvalue weighted by Gasteiger charge is 2.42. The van der Waals surface area contributed by atoms with Crippen LogP contribution in [0.1, 0.15) is 212 Å². The fourth-order valence-electron chi connectivity index (χ4n) is 14.5. The van der Waals surface area contributed by atoms with Gasteiger partial charge < -0.3 is 33.5 Å². The SMILES string of the molecule is CC(Cl)OC(=O)Cl.COC(=O)C(C)(C)Oc1c(C)cc([C@H]2CCC[C@@H]2C(=O)c2ccc(SC)cc2)cc1C.CSc1ccc(C(=O)[C@H]2CCC[C@@H]2c2cc(C)c(OC(C)(C)C(=O)O)c(C)c2)cc1.CSc1ccc(C(=O)[C@H]2CN(Cc3ccccc3)C[C@@H]2c2cc(C)c(OC(C)(C)C(=O)OC(C)(C)C)c(C)c2)cc1. The van der Waals surface area contributed by atoms with Crippen molar-refractivity contribution in [3.8, 4) is 17.2 Å². The maximum Gasteiger partial charge on any atom is 0.405 e. The fourth-order valence-corrected chi connectivity index (χ4v) is 15.9. The molecule has 1 N–H and O–H groups in total. The first-order valence-corrected chi connectivity index (χ1v) is 41.5. The third kappa shape index (κ3) is 24.2. The van der Waals surface area contributed by atoms with Gasteiger partial charge in [-0.3, -0.25) is 19.3 Å². The lowest BCUT2D eigenvalue weighted by Gasteiger charge is -2.30. The van der Waals surface area contributed by atoms with E-state index in [2.05, 4.69) is 70.3 Å². The van der Waals surface area contributed by atoms with Crippen LogP contribution in [0.5, 0.6) is 17.2 Å². The second-order valence-electron chi connectivity index (χ2n) is 30.9. The quantitative estimate of drug-likeness (QED) is 0.0149. The van der Waals surface area contributed by atoms with Gasteiger partial charge in [0.15, 0.2) is 39.7 Å². The topological polar surface area (TPSA) is 198 Å². The highest BCUT2D eigenvalue weighted by Crippen LogP contribution is 2.47. The Balaban J connectivity index is 0.000000221. The summed E-state index contributed by atoms with van der Waals surface area (Å²) < 4.78 is 32.8. The standard InChI is InChI=1S/C35H43NO4S.C26H32O4S.C25H30O4S.C3H4Cl2O2/c1-23-18-27(19-24(2)32(23)39-35(6,7)33(38)40-34(3,4)5)29-21-36(20-25-12-10-9-11-13-25)22-30(29)31(37)26-14-16-28(41-8)17-15-26;1-16-14-19(15-17(2)24(16)30-26(3,4)25(28)29-5)21-8-7-9-22(21)23(27)18-10-12-20(31-6)13-11-18;1-15-13-18(14-16(2)23(15)29-25(3,4)24(27)28)20-7-6-8-21(20)22(26)17-9-11-19(30-5)12-10-17;1-2(4)7-3(5)6/h9-19,29-30H,20-22H2,1-8H3;10-15,21-22H,7-9H2,1-6H3;9-14,20-21H,6-8H2,1-5H3,(H,27,28);2H,1H3/t29-,30+;21-,22+;20-,21+;/m111./s1. The van der Waals surface area contributed by atoms with E-state index in [1.54, 1.807) is 76.8 Å². The number of nitrogens with zero attached hydrogens (tertiary/aromatic N) is 1. The van der Waals surface area contributed by atoms with Crippen molar-refractivity contribution < 1.29 is 67.1 Å². The van der Waals surface area contributed by atoms with E-state index < -0.39 is 51.3 Å². The molecule has 0 amide bonds. The number of carbonyl (C=O) groups excluding carboxylic acids is 6. The van der Waals surface area contributed by atoms with Crippen LogP contribution in [-0.2, 0) is 35.1 Å². The molecule has 15 nitrogen and oxygen atoms in total. The average Bonchev–Trinajstić information content (AvgIpc) is 1.74. The summed E-state index contributed by atoms with van der Waals surface area (Å²) in [5.74, 6) is 1.03. The maximum atomic E-state index is 13.9. The molecule has 2 aliphatic carbocycles. The third-order valence-corrected chi connectivity index (χ3v) is 22.4. The number of esters is 2. The van der Waals surface area contributed by atoms with E-state index in [4.69, 9.17) is 46.9 Å². The molecular formula is C89H109Cl2NO14S3. The number of aliphatic carboxylic acids is 1. The number of alkyl halides is 1. The summed E-state index contributed by atoms with van der Waals surface area (Å²) in [4.78, 5) is 92.4. The Labute approximate surface area is 668 Å². The first kappa shape index (κ1) is 88.6. The summed E-state index contributed by atoms with van der Waals surface area (Å²) >= 11 is 14.9. The zero-order valence-corrected chi connectivity index (χ0v) is 70.8. The van der Waals surface area contributed by atoms with E-state index in [-0.39, 0.29) is 52.9 Å². The Morgan fingerprint density at radius 1 is 0.477 bits per heavy atom. The Morgan fingerprint density at radius 2 is 0.817 bits per heavy atom. The normalized spacial score (nSPS) is 18.1. The summed E-state index contributed by atoms with van der Waals surface area (Å²) in [5.41, 5.74) is 7.01. The summed E-state index contributed by atoms with van der Waals surface area (Å²) in [7, 11) is 1.36. The second-order valence-corrected chi connectivity index (χ2v) is 34.5. The number of rotatable bonds is 24. The molecule has 3 fully saturated rings. The van der Waals surface area contributed by atoms with Crippen LogP contribution in [0.2, 0.25) is 0 Å². The lowest BCUT2D eigenvalue weighted by molar-refractivity contribution is -0.171. The molecule has 1 heterocycles. The molecular weight excluding hydrogens is 1470 g/mol. The van der Waals surface area contributed by atoms with Gasteiger partial charge in [-0.25, -0.2) is 19.2 Å². The third-order valence-electron chi connectivity index (χ3n) is 20.0. The van der Waals surface area contributed by atoms with E-state index >= 15 is 0 Å². The average molecular weight is 1580 g/mol. The van der Waals surface area contributed by atoms with Gasteiger partial charge in [0, 0.05) is 86.3 Å². The van der Waals surface area contributed by atoms with Gasteiger partial charge >= 0.3 is 23.3 Å². The minimum atomic E-state index is -1.30. The molecule has 20 heteroatoms. The van der Waals surface area contributed by atoms with Crippen molar-refractivity contribution in [3.63, 3.8) is 0 Å². The number of hydrogen-bond donors (Lipinski definition) is 1. The number of ketones is 3. The number of ether oxygens (including phenoxy) is 6. The highest BCUT2D eigenvalue weighted by molar-refractivity contribution is 7.99. The predicted molar refractivity (Wildman–Crippen MR) is 441 cm³/mol. The minimum Gasteiger partial charge on any atom is -0.478 e. The molecule has 0 spiro atoms. The van der Waals surface area contributed by atoms with Gasteiger partial charge in [-0.15, -0.1) is 35.3 Å². The highest BCUT2D eigenvalue weighted by atomic mass is 35.5. The van der Waals surface area contributed by atoms with Crippen LogP contribution < -0.4 is 14.2 Å². The monoisotopic (exact) mass is 1580 g/mol. The van der Waals surface area contributed by atoms with Crippen molar-refractivity contribution in [3.05, 3.63) is 212 Å². The number of benzene rings is 7. The van der Waals surface area contributed by atoms with E-state index in [1.165, 1.54) is 25.2 Å². The number of aryl methyl sites for hydroxylation is 6. The molecule has 2 saturated carbocycles. The van der Waals surface area contributed by atoms with E-state index in [9.17, 15) is 38.7 Å². The van der Waals surface area contributed by atoms with Gasteiger partial charge in [-0.05, 0) is 259 Å². The van der Waals surface area contributed by atoms with Crippen molar-refractivity contribution in [2.24, 2.45) is 17.8 Å². The molecule has 1 saturated heterocycles. The molecule has 7 aromatic carbocycles. The smallest absolute Gasteiger partial charge is 0.405 e. The van der Waals surface area contributed by atoms with E-state index in [0.717, 1.165) is 127 Å². The lowest BCUT2D eigenvalue weighted by atomic mass is 9.82. The Kier molecular flexibility index (Phi) is 31.8. The molecule has 1 aliphatic heterocycles. The van der Waals surface area contributed by atoms with Crippen LogP contribution in [0.25, 0.3) is 0 Å². The number of carbonyl (C=O) groups is 7. The van der Waals surface area contributed by atoms with Crippen LogP contribution in [0.3, 0.4) is 0 Å². The Morgan fingerprint density at radius 3 is 1.13 bits per heavy atom. The van der Waals surface area contributed by atoms with E-state index in [1.807, 2.05) is 160 Å². The number of thioether (sulfide) groups is 3. The molecule has 7 aromatic rings. The van der Waals surface area contributed by atoms with Crippen LogP contribution in [0.15, 0.2) is 154 Å². The minimum absolute atomic E-state index is 0.00259. The van der Waals surface area contributed by atoms with Crippen molar-refractivity contribution >= 4 is 99.2 Å². The number of carboxylic acids is 1. The zero-order chi connectivity index (χ0) is 80.6. The van der Waals surface area contributed by atoms with E-state index in [0.29, 0.717) is 23.8 Å². The second kappa shape index (κ2) is 39.1. The summed E-state index contributed by atoms with van der Waals surface area (Å²) in [5, 5.41) is 9.38. The van der Waals surface area contributed by atoms with Crippen LogP contribution in [0, 0.1) is 59.3 Å². The van der Waals surface area contributed by atoms with Gasteiger partial charge in [0.2, 0.25) is 0 Å². The van der Waals surface area contributed by atoms with Crippen molar-refractivity contribution in [1.82, 2.24) is 4.90 Å². The maximum absolute atomic E-state index is 13.9. The number of carboxylic acid groups (broad SMARTS) is 1. The van der Waals surface area contributed by atoms with Gasteiger partial charge in [0.05, 0.1) is 7.11 Å². The first-order chi connectivity index (χ1) is 51.2. The van der Waals surface area contributed by atoms with Crippen molar-refractivity contribution in [1.29, 1.82) is 0 Å². The lowest BCUT2D eigenvalue weighted by Crippen LogP contribution is -2.43. The zero-order valence-electron chi connectivity index (χ0n) is 66.9. The van der Waals surface area contributed by atoms with Gasteiger partial charge in [0.1, 0.15) is 22.8 Å². The van der Waals surface area contributed by atoms with Crippen molar-refractivity contribution in [2.45, 2.75) is 216 Å². The predicted octanol–water partition coefficient (Wildman–Crippen LogP) is 21.7. The Bertz CT molecular complexity index is 4250. The molecule has 0 radical (unpaired) electrons. The molecule has 7 atom stereocenters. The number of hydrogen-bond acceptors (Lipinski definition) is 17. The van der Waals surface area contributed by atoms with Crippen molar-refractivity contribution in [2.75, 3.05) is 39.0 Å². The largest absolute Gasteiger partial charge is 0.478 e. The molecule has 109 heavy (non-hydrogen) atoms. The Hall–Kier alpha value is -7.58. The van der Waals surface area contributed by atoms with Gasteiger partial charge in [0.25, 0.3) is 0 Å². The van der Waals surface area contributed by atoms with Crippen LogP contribution in [0.4, 0.5) is 4.79 Å². The van der Waals surface area contributed by atoms with Crippen LogP contribution >= 0.6 is 58.5 Å². The molecule has 3 aliphatic rings. The first-order valence-electron chi connectivity index (χ1n) is 37.0. The molecule has 0 aromatic heterocycles. The van der Waals surface area contributed by atoms with Gasteiger partial charge in [-0.1, -0.05) is 128 Å².